The molecule has 16 heavy (non-hydrogen) atoms. The Morgan fingerprint density at radius 3 is 3.06 bits per heavy atom. The van der Waals surface area contributed by atoms with E-state index in [-0.39, 0.29) is 18.6 Å². The molecule has 0 aromatic rings. The number of amides is 1. The van der Waals surface area contributed by atoms with Crippen LogP contribution in [-0.2, 0) is 9.53 Å². The van der Waals surface area contributed by atoms with Crippen LogP contribution in [-0.4, -0.2) is 47.3 Å². The van der Waals surface area contributed by atoms with Gasteiger partial charge in [-0.2, -0.15) is 0 Å². The summed E-state index contributed by atoms with van der Waals surface area (Å²) < 4.78 is 5.55. The summed E-state index contributed by atoms with van der Waals surface area (Å²) in [6.45, 7) is 5.03. The van der Waals surface area contributed by atoms with Crippen molar-refractivity contribution in [1.82, 2.24) is 4.90 Å². The molecule has 2 aliphatic heterocycles. The first kappa shape index (κ1) is 11.6. The zero-order chi connectivity index (χ0) is 11.8. The molecule has 4 heteroatoms. The third-order valence-electron chi connectivity index (χ3n) is 3.77. The van der Waals surface area contributed by atoms with Gasteiger partial charge >= 0.3 is 0 Å². The highest BCUT2D eigenvalue weighted by atomic mass is 16.5. The average Bonchev–Trinajstić information content (AvgIpc) is 2.86. The van der Waals surface area contributed by atoms with Crippen LogP contribution in [0.5, 0.6) is 0 Å². The topological polar surface area (TPSA) is 49.8 Å². The summed E-state index contributed by atoms with van der Waals surface area (Å²) in [5.74, 6) is -0.00435. The molecular formula is C12H19NO3. The molecule has 1 amide bonds. The Hall–Kier alpha value is -0.870. The van der Waals surface area contributed by atoms with Gasteiger partial charge in [0.15, 0.2) is 5.60 Å². The van der Waals surface area contributed by atoms with Gasteiger partial charge in [-0.1, -0.05) is 6.08 Å². The molecule has 2 heterocycles. The van der Waals surface area contributed by atoms with Crippen LogP contribution in [0.2, 0.25) is 0 Å². The second-order valence-corrected chi connectivity index (χ2v) is 4.71. The van der Waals surface area contributed by atoms with Crippen LogP contribution in [0.15, 0.2) is 11.6 Å². The Balaban J connectivity index is 2.16. The van der Waals surface area contributed by atoms with E-state index in [0.717, 1.165) is 25.0 Å². The number of likely N-dealkylation sites (tertiary alicyclic amines) is 1. The Kier molecular flexibility index (Phi) is 3.04. The molecule has 0 saturated carbocycles. The van der Waals surface area contributed by atoms with Crippen molar-refractivity contribution in [1.29, 1.82) is 0 Å². The molecule has 2 atom stereocenters. The SMILES string of the molecule is CC1=CCO[C@@]1(C)C(=O)N1CCC[C@H]1CO. The van der Waals surface area contributed by atoms with Gasteiger partial charge in [-0.15, -0.1) is 0 Å². The Morgan fingerprint density at radius 2 is 2.50 bits per heavy atom. The molecule has 90 valence electrons. The van der Waals surface area contributed by atoms with Crippen LogP contribution < -0.4 is 0 Å². The van der Waals surface area contributed by atoms with Gasteiger partial charge in [0.2, 0.25) is 0 Å². The van der Waals surface area contributed by atoms with Crippen molar-refractivity contribution in [3.8, 4) is 0 Å². The Morgan fingerprint density at radius 1 is 1.75 bits per heavy atom. The van der Waals surface area contributed by atoms with Crippen LogP contribution in [0.1, 0.15) is 26.7 Å². The van der Waals surface area contributed by atoms with Crippen molar-refractivity contribution >= 4 is 5.91 Å². The van der Waals surface area contributed by atoms with Gasteiger partial charge in [-0.25, -0.2) is 0 Å². The Bertz CT molecular complexity index is 326. The monoisotopic (exact) mass is 225 g/mol. The normalized spacial score (nSPS) is 34.3. The van der Waals surface area contributed by atoms with Crippen molar-refractivity contribution < 1.29 is 14.6 Å². The van der Waals surface area contributed by atoms with Crippen molar-refractivity contribution in [2.75, 3.05) is 19.8 Å². The van der Waals surface area contributed by atoms with Crippen molar-refractivity contribution in [2.24, 2.45) is 0 Å². The fourth-order valence-corrected chi connectivity index (χ4v) is 2.44. The van der Waals surface area contributed by atoms with E-state index in [4.69, 9.17) is 4.74 Å². The number of carbonyl (C=O) groups excluding carboxylic acids is 1. The predicted octanol–water partition coefficient (Wildman–Crippen LogP) is 0.705. The molecule has 0 bridgehead atoms. The predicted molar refractivity (Wildman–Crippen MR) is 59.9 cm³/mol. The fraction of sp³-hybridized carbons (Fsp3) is 0.750. The Labute approximate surface area is 95.9 Å². The van der Waals surface area contributed by atoms with E-state index < -0.39 is 5.60 Å². The van der Waals surface area contributed by atoms with E-state index in [9.17, 15) is 9.90 Å². The molecule has 2 aliphatic rings. The van der Waals surface area contributed by atoms with Gasteiger partial charge in [0, 0.05) is 6.54 Å². The molecule has 0 radical (unpaired) electrons. The summed E-state index contributed by atoms with van der Waals surface area (Å²) in [4.78, 5) is 14.2. The molecule has 0 unspecified atom stereocenters. The highest BCUT2D eigenvalue weighted by Crippen LogP contribution is 2.31. The third kappa shape index (κ3) is 1.66. The van der Waals surface area contributed by atoms with Gasteiger partial charge in [-0.05, 0) is 32.3 Å². The number of carbonyl (C=O) groups is 1. The second kappa shape index (κ2) is 4.18. The molecule has 1 fully saturated rings. The summed E-state index contributed by atoms with van der Waals surface area (Å²) in [6, 6.07) is -0.0266. The summed E-state index contributed by atoms with van der Waals surface area (Å²) in [5, 5.41) is 9.23. The molecule has 0 aliphatic carbocycles. The minimum absolute atomic E-state index is 0.00435. The first-order chi connectivity index (χ1) is 7.59. The van der Waals surface area contributed by atoms with Crippen LogP contribution in [0.3, 0.4) is 0 Å². The molecule has 1 saturated heterocycles. The van der Waals surface area contributed by atoms with Crippen LogP contribution in [0.4, 0.5) is 0 Å². The summed E-state index contributed by atoms with van der Waals surface area (Å²) in [7, 11) is 0. The minimum Gasteiger partial charge on any atom is -0.394 e. The number of nitrogens with zero attached hydrogens (tertiary/aromatic N) is 1. The zero-order valence-corrected chi connectivity index (χ0v) is 9.90. The largest absolute Gasteiger partial charge is 0.394 e. The van der Waals surface area contributed by atoms with Crippen molar-refractivity contribution in [2.45, 2.75) is 38.3 Å². The fourth-order valence-electron chi connectivity index (χ4n) is 2.44. The van der Waals surface area contributed by atoms with Gasteiger partial charge in [0.1, 0.15) is 0 Å². The molecule has 0 spiro atoms. The maximum Gasteiger partial charge on any atom is 0.259 e. The molecule has 0 aromatic heterocycles. The molecule has 0 aromatic carbocycles. The second-order valence-electron chi connectivity index (χ2n) is 4.71. The molecular weight excluding hydrogens is 206 g/mol. The smallest absolute Gasteiger partial charge is 0.259 e. The maximum atomic E-state index is 12.4. The number of aliphatic hydroxyl groups excluding tert-OH is 1. The van der Waals surface area contributed by atoms with Crippen LogP contribution in [0, 0.1) is 0 Å². The zero-order valence-electron chi connectivity index (χ0n) is 9.90. The lowest BCUT2D eigenvalue weighted by Gasteiger charge is -2.32. The van der Waals surface area contributed by atoms with E-state index in [1.807, 2.05) is 19.9 Å². The van der Waals surface area contributed by atoms with E-state index in [1.54, 1.807) is 4.90 Å². The van der Waals surface area contributed by atoms with E-state index in [1.165, 1.54) is 0 Å². The summed E-state index contributed by atoms with van der Waals surface area (Å²) in [6.07, 6.45) is 3.80. The minimum atomic E-state index is -0.808. The van der Waals surface area contributed by atoms with E-state index in [0.29, 0.717) is 6.61 Å². The molecule has 1 N–H and O–H groups in total. The summed E-state index contributed by atoms with van der Waals surface area (Å²) >= 11 is 0. The molecule has 2 rings (SSSR count). The number of hydrogen-bond acceptors (Lipinski definition) is 3. The quantitative estimate of drug-likeness (QED) is 0.704. The lowest BCUT2D eigenvalue weighted by molar-refractivity contribution is -0.150. The van der Waals surface area contributed by atoms with Gasteiger partial charge in [0.05, 0.1) is 19.3 Å². The van der Waals surface area contributed by atoms with Gasteiger partial charge in [-0.3, -0.25) is 4.79 Å². The number of aliphatic hydroxyl groups is 1. The van der Waals surface area contributed by atoms with E-state index >= 15 is 0 Å². The number of hydrogen-bond donors (Lipinski definition) is 1. The first-order valence-electron chi connectivity index (χ1n) is 5.82. The van der Waals surface area contributed by atoms with Gasteiger partial charge < -0.3 is 14.7 Å². The average molecular weight is 225 g/mol. The highest BCUT2D eigenvalue weighted by Gasteiger charge is 2.44. The number of rotatable bonds is 2. The third-order valence-corrected chi connectivity index (χ3v) is 3.77. The van der Waals surface area contributed by atoms with Crippen LogP contribution >= 0.6 is 0 Å². The van der Waals surface area contributed by atoms with Gasteiger partial charge in [0.25, 0.3) is 5.91 Å². The van der Waals surface area contributed by atoms with Crippen LogP contribution in [0.25, 0.3) is 0 Å². The van der Waals surface area contributed by atoms with E-state index in [2.05, 4.69) is 0 Å². The first-order valence-corrected chi connectivity index (χ1v) is 5.82. The standard InChI is InChI=1S/C12H19NO3/c1-9-5-7-16-12(9,2)11(15)13-6-3-4-10(13)8-14/h5,10,14H,3-4,6-8H2,1-2H3/t10-,12+/m0/s1. The van der Waals surface area contributed by atoms with Crippen molar-refractivity contribution in [3.05, 3.63) is 11.6 Å². The lowest BCUT2D eigenvalue weighted by Crippen LogP contribution is -2.50. The number of ether oxygens (including phenoxy) is 1. The lowest BCUT2D eigenvalue weighted by atomic mass is 9.96. The molecule has 4 nitrogen and oxygen atoms in total. The summed E-state index contributed by atoms with van der Waals surface area (Å²) in [5.41, 5.74) is 0.165. The maximum absolute atomic E-state index is 12.4. The van der Waals surface area contributed by atoms with Crippen molar-refractivity contribution in [3.63, 3.8) is 0 Å². The highest BCUT2D eigenvalue weighted by molar-refractivity contribution is 5.89.